The standard InChI is InChI=1S/C17H24O6S/c1-9(2)16(21)22-8-12-13(18)14(19)15(20)17(23-12)24-11-6-4-5-10(3)7-11/h4-7,9,12-15,17-20H,8H2,1-3H3/t12-,13-,14+,15-,17+/m1/s1. The largest absolute Gasteiger partial charge is 0.463 e. The first-order chi connectivity index (χ1) is 11.3. The number of esters is 1. The van der Waals surface area contributed by atoms with Crippen molar-refractivity contribution >= 4 is 17.7 Å². The normalized spacial score (nSPS) is 30.4. The molecule has 0 radical (unpaired) electrons. The molecule has 2 rings (SSSR count). The van der Waals surface area contributed by atoms with Gasteiger partial charge in [0, 0.05) is 4.90 Å². The van der Waals surface area contributed by atoms with Crippen LogP contribution in [0.5, 0.6) is 0 Å². The Hall–Kier alpha value is -1.12. The lowest BCUT2D eigenvalue weighted by Crippen LogP contribution is -2.57. The molecule has 0 spiro atoms. The second-order valence-electron chi connectivity index (χ2n) is 6.23. The topological polar surface area (TPSA) is 96.2 Å². The first kappa shape index (κ1) is 19.2. The number of benzene rings is 1. The molecule has 6 nitrogen and oxygen atoms in total. The highest BCUT2D eigenvalue weighted by Gasteiger charge is 2.44. The van der Waals surface area contributed by atoms with Gasteiger partial charge in [0.25, 0.3) is 0 Å². The molecule has 1 saturated heterocycles. The van der Waals surface area contributed by atoms with Gasteiger partial charge in [-0.05, 0) is 19.1 Å². The molecule has 1 aliphatic rings. The highest BCUT2D eigenvalue weighted by atomic mass is 32.2. The summed E-state index contributed by atoms with van der Waals surface area (Å²) in [7, 11) is 0. The Morgan fingerprint density at radius 3 is 2.58 bits per heavy atom. The molecule has 1 heterocycles. The SMILES string of the molecule is Cc1cccc(S[C@@H]2O[C@H](COC(=O)C(C)C)[C@@H](O)[C@H](O)[C@H]2O)c1. The smallest absolute Gasteiger partial charge is 0.308 e. The van der Waals surface area contributed by atoms with E-state index in [2.05, 4.69) is 0 Å². The number of thioether (sulfide) groups is 1. The van der Waals surface area contributed by atoms with Crippen LogP contribution in [0.2, 0.25) is 0 Å². The van der Waals surface area contributed by atoms with Crippen LogP contribution in [-0.4, -0.2) is 57.7 Å². The summed E-state index contributed by atoms with van der Waals surface area (Å²) in [5, 5.41) is 30.3. The Balaban J connectivity index is 2.04. The van der Waals surface area contributed by atoms with Gasteiger partial charge in [-0.25, -0.2) is 0 Å². The fraction of sp³-hybridized carbons (Fsp3) is 0.588. The van der Waals surface area contributed by atoms with Gasteiger partial charge in [-0.2, -0.15) is 0 Å². The minimum Gasteiger partial charge on any atom is -0.463 e. The van der Waals surface area contributed by atoms with E-state index in [0.29, 0.717) is 0 Å². The highest BCUT2D eigenvalue weighted by Crippen LogP contribution is 2.33. The number of hydrogen-bond donors (Lipinski definition) is 3. The van der Waals surface area contributed by atoms with Gasteiger partial charge < -0.3 is 24.8 Å². The Kier molecular flexibility index (Phi) is 6.65. The predicted octanol–water partition coefficient (Wildman–Crippen LogP) is 1.09. The molecule has 0 bridgehead atoms. The number of ether oxygens (including phenoxy) is 2. The average Bonchev–Trinajstić information content (AvgIpc) is 2.54. The van der Waals surface area contributed by atoms with Crippen LogP contribution in [0, 0.1) is 12.8 Å². The number of carbonyl (C=O) groups is 1. The summed E-state index contributed by atoms with van der Waals surface area (Å²) >= 11 is 1.25. The summed E-state index contributed by atoms with van der Waals surface area (Å²) in [4.78, 5) is 12.4. The van der Waals surface area contributed by atoms with Crippen molar-refractivity contribution < 1.29 is 29.6 Å². The van der Waals surface area contributed by atoms with E-state index in [9.17, 15) is 20.1 Å². The molecule has 1 aromatic rings. The molecule has 1 aliphatic heterocycles. The maximum Gasteiger partial charge on any atom is 0.308 e. The molecule has 0 unspecified atom stereocenters. The Morgan fingerprint density at radius 2 is 1.96 bits per heavy atom. The fourth-order valence-electron chi connectivity index (χ4n) is 2.31. The third-order valence-corrected chi connectivity index (χ3v) is 4.92. The van der Waals surface area contributed by atoms with Crippen LogP contribution < -0.4 is 0 Å². The molecule has 3 N–H and O–H groups in total. The summed E-state index contributed by atoms with van der Waals surface area (Å²) in [5.74, 6) is -0.701. The van der Waals surface area contributed by atoms with E-state index in [0.717, 1.165) is 10.5 Å². The lowest BCUT2D eigenvalue weighted by molar-refractivity contribution is -0.211. The number of aliphatic hydroxyl groups excluding tert-OH is 3. The zero-order chi connectivity index (χ0) is 17.9. The van der Waals surface area contributed by atoms with Crippen molar-refractivity contribution in [3.05, 3.63) is 29.8 Å². The van der Waals surface area contributed by atoms with E-state index in [1.54, 1.807) is 13.8 Å². The molecule has 134 valence electrons. The highest BCUT2D eigenvalue weighted by molar-refractivity contribution is 7.99. The van der Waals surface area contributed by atoms with Crippen molar-refractivity contribution in [3.63, 3.8) is 0 Å². The molecule has 0 amide bonds. The molecule has 0 saturated carbocycles. The molecule has 1 aromatic carbocycles. The zero-order valence-electron chi connectivity index (χ0n) is 14.0. The first-order valence-corrected chi connectivity index (χ1v) is 8.77. The van der Waals surface area contributed by atoms with E-state index in [1.165, 1.54) is 11.8 Å². The lowest BCUT2D eigenvalue weighted by atomic mass is 10.0. The van der Waals surface area contributed by atoms with E-state index < -0.39 is 35.8 Å². The van der Waals surface area contributed by atoms with Crippen molar-refractivity contribution in [1.82, 2.24) is 0 Å². The molecule has 7 heteroatoms. The van der Waals surface area contributed by atoms with Gasteiger partial charge in [0.05, 0.1) is 5.92 Å². The van der Waals surface area contributed by atoms with Crippen molar-refractivity contribution in [2.75, 3.05) is 6.61 Å². The predicted molar refractivity (Wildman–Crippen MR) is 89.5 cm³/mol. The first-order valence-electron chi connectivity index (χ1n) is 7.89. The van der Waals surface area contributed by atoms with E-state index in [-0.39, 0.29) is 12.5 Å². The van der Waals surface area contributed by atoms with E-state index in [4.69, 9.17) is 9.47 Å². The average molecular weight is 356 g/mol. The maximum absolute atomic E-state index is 11.6. The second kappa shape index (κ2) is 8.31. The maximum atomic E-state index is 11.6. The minimum absolute atomic E-state index is 0.174. The van der Waals surface area contributed by atoms with Crippen molar-refractivity contribution in [1.29, 1.82) is 0 Å². The number of aryl methyl sites for hydroxylation is 1. The van der Waals surface area contributed by atoms with Gasteiger partial charge in [-0.1, -0.05) is 43.3 Å². The second-order valence-corrected chi connectivity index (χ2v) is 7.41. The number of hydrogen-bond acceptors (Lipinski definition) is 7. The van der Waals surface area contributed by atoms with Gasteiger partial charge in [0.1, 0.15) is 36.5 Å². The number of aliphatic hydroxyl groups is 3. The minimum atomic E-state index is -1.37. The third-order valence-electron chi connectivity index (χ3n) is 3.77. The van der Waals surface area contributed by atoms with Gasteiger partial charge in [-0.15, -0.1) is 0 Å². The monoisotopic (exact) mass is 356 g/mol. The fourth-order valence-corrected chi connectivity index (χ4v) is 3.48. The van der Waals surface area contributed by atoms with Gasteiger partial charge in [0.2, 0.25) is 0 Å². The van der Waals surface area contributed by atoms with Crippen LogP contribution in [0.4, 0.5) is 0 Å². The van der Waals surface area contributed by atoms with Gasteiger partial charge >= 0.3 is 5.97 Å². The van der Waals surface area contributed by atoms with Gasteiger partial charge in [-0.3, -0.25) is 4.79 Å². The zero-order valence-corrected chi connectivity index (χ0v) is 14.8. The molecule has 0 aliphatic carbocycles. The number of carbonyl (C=O) groups excluding carboxylic acids is 1. The molecular formula is C17H24O6S. The Morgan fingerprint density at radius 1 is 1.25 bits per heavy atom. The van der Waals surface area contributed by atoms with Crippen LogP contribution in [-0.2, 0) is 14.3 Å². The molecular weight excluding hydrogens is 332 g/mol. The lowest BCUT2D eigenvalue weighted by Gasteiger charge is -2.40. The van der Waals surface area contributed by atoms with E-state index in [1.807, 2.05) is 31.2 Å². The summed E-state index contributed by atoms with van der Waals surface area (Å²) < 4.78 is 10.8. The third kappa shape index (κ3) is 4.70. The van der Waals surface area contributed by atoms with Gasteiger partial charge in [0.15, 0.2) is 0 Å². The molecule has 1 fully saturated rings. The van der Waals surface area contributed by atoms with Crippen LogP contribution >= 0.6 is 11.8 Å². The summed E-state index contributed by atoms with van der Waals surface area (Å²) in [6.07, 6.45) is -4.84. The van der Waals surface area contributed by atoms with Crippen LogP contribution in [0.1, 0.15) is 19.4 Å². The summed E-state index contributed by atoms with van der Waals surface area (Å²) in [6.45, 7) is 5.19. The molecule has 0 aromatic heterocycles. The Bertz CT molecular complexity index is 564. The van der Waals surface area contributed by atoms with E-state index >= 15 is 0 Å². The summed E-state index contributed by atoms with van der Waals surface area (Å²) in [6, 6.07) is 7.65. The quantitative estimate of drug-likeness (QED) is 0.680. The van der Waals surface area contributed by atoms with Crippen LogP contribution in [0.15, 0.2) is 29.2 Å². The van der Waals surface area contributed by atoms with Crippen molar-refractivity contribution in [3.8, 4) is 0 Å². The molecule has 5 atom stereocenters. The Labute approximate surface area is 145 Å². The number of rotatable bonds is 5. The van der Waals surface area contributed by atoms with Crippen molar-refractivity contribution in [2.45, 2.75) is 55.5 Å². The van der Waals surface area contributed by atoms with Crippen LogP contribution in [0.25, 0.3) is 0 Å². The van der Waals surface area contributed by atoms with Crippen molar-refractivity contribution in [2.24, 2.45) is 5.92 Å². The van der Waals surface area contributed by atoms with Crippen LogP contribution in [0.3, 0.4) is 0 Å². The molecule has 24 heavy (non-hydrogen) atoms. The summed E-state index contributed by atoms with van der Waals surface area (Å²) in [5.41, 5.74) is 0.293.